The fourth-order valence-electron chi connectivity index (χ4n) is 2.86. The molecule has 158 valence electrons. The predicted molar refractivity (Wildman–Crippen MR) is 105 cm³/mol. The van der Waals surface area contributed by atoms with Gasteiger partial charge in [0.25, 0.3) is 0 Å². The molecule has 2 rings (SSSR count). The number of ether oxygens (including phenoxy) is 3. The number of hydrogen-bond acceptors (Lipinski definition) is 8. The minimum absolute atomic E-state index is 0.0810. The van der Waals surface area contributed by atoms with Gasteiger partial charge in [-0.05, 0) is 19.4 Å². The lowest BCUT2D eigenvalue weighted by Crippen LogP contribution is -2.32. The van der Waals surface area contributed by atoms with E-state index in [1.807, 2.05) is 0 Å². The van der Waals surface area contributed by atoms with Crippen LogP contribution in [0.15, 0.2) is 24.3 Å². The van der Waals surface area contributed by atoms with Crippen LogP contribution in [-0.4, -0.2) is 59.6 Å². The summed E-state index contributed by atoms with van der Waals surface area (Å²) in [7, 11) is 2.77. The molecular weight excluding hydrogens is 380 g/mol. The van der Waals surface area contributed by atoms with E-state index >= 15 is 0 Å². The SMILES string of the molecule is COc1cc(O)c2c(c1OC)/C=C/C[C@H](O)[C@H](O)C(=O)/C=C\[C@@H](C)[C@H](C)OC2=O. The highest BCUT2D eigenvalue weighted by atomic mass is 16.5. The molecular formula is C21H26O8. The summed E-state index contributed by atoms with van der Waals surface area (Å²) in [6.07, 6.45) is 1.89. The number of rotatable bonds is 2. The van der Waals surface area contributed by atoms with E-state index in [9.17, 15) is 24.9 Å². The molecule has 8 heteroatoms. The van der Waals surface area contributed by atoms with Crippen molar-refractivity contribution in [3.05, 3.63) is 35.4 Å². The number of fused-ring (bicyclic) bond motifs is 1. The van der Waals surface area contributed by atoms with Crippen molar-refractivity contribution in [1.29, 1.82) is 0 Å². The smallest absolute Gasteiger partial charge is 0.342 e. The average molecular weight is 406 g/mol. The number of ketones is 1. The van der Waals surface area contributed by atoms with E-state index in [1.165, 1.54) is 38.5 Å². The number of hydrogen-bond donors (Lipinski definition) is 3. The maximum atomic E-state index is 12.8. The van der Waals surface area contributed by atoms with Gasteiger partial charge in [-0.3, -0.25) is 4.79 Å². The Morgan fingerprint density at radius 3 is 2.41 bits per heavy atom. The van der Waals surface area contributed by atoms with Gasteiger partial charge in [0.1, 0.15) is 23.5 Å². The zero-order valence-electron chi connectivity index (χ0n) is 16.8. The number of cyclic esters (lactones) is 1. The number of methoxy groups -OCH3 is 2. The van der Waals surface area contributed by atoms with E-state index in [2.05, 4.69) is 0 Å². The average Bonchev–Trinajstić information content (AvgIpc) is 2.69. The van der Waals surface area contributed by atoms with Crippen molar-refractivity contribution in [2.45, 2.75) is 38.6 Å². The molecule has 0 amide bonds. The maximum Gasteiger partial charge on any atom is 0.342 e. The quantitative estimate of drug-likeness (QED) is 0.636. The zero-order valence-corrected chi connectivity index (χ0v) is 16.8. The fraction of sp³-hybridized carbons (Fsp3) is 0.429. The van der Waals surface area contributed by atoms with Crippen LogP contribution < -0.4 is 9.47 Å². The van der Waals surface area contributed by atoms with Gasteiger partial charge in [0.15, 0.2) is 17.3 Å². The van der Waals surface area contributed by atoms with Gasteiger partial charge in [0.05, 0.1) is 20.3 Å². The summed E-state index contributed by atoms with van der Waals surface area (Å²) >= 11 is 0. The molecule has 0 radical (unpaired) electrons. The van der Waals surface area contributed by atoms with Crippen LogP contribution in [0, 0.1) is 5.92 Å². The predicted octanol–water partition coefficient (Wildman–Crippen LogP) is 1.85. The number of aliphatic hydroxyl groups is 2. The summed E-state index contributed by atoms with van der Waals surface area (Å²) < 4.78 is 16.0. The highest BCUT2D eigenvalue weighted by Crippen LogP contribution is 2.40. The van der Waals surface area contributed by atoms with E-state index in [0.717, 1.165) is 6.08 Å². The second kappa shape index (κ2) is 9.58. The molecule has 1 aliphatic heterocycles. The molecule has 1 aromatic carbocycles. The van der Waals surface area contributed by atoms with Gasteiger partial charge in [-0.2, -0.15) is 0 Å². The zero-order chi connectivity index (χ0) is 21.7. The van der Waals surface area contributed by atoms with Crippen molar-refractivity contribution in [2.75, 3.05) is 14.2 Å². The summed E-state index contributed by atoms with van der Waals surface area (Å²) in [5.41, 5.74) is 0.0694. The molecule has 0 unspecified atom stereocenters. The Kier molecular flexibility index (Phi) is 7.41. The number of esters is 1. The first kappa shape index (κ1) is 22.4. The van der Waals surface area contributed by atoms with Crippen LogP contribution >= 0.6 is 0 Å². The van der Waals surface area contributed by atoms with Crippen LogP contribution in [0.4, 0.5) is 0 Å². The van der Waals surface area contributed by atoms with E-state index in [0.29, 0.717) is 0 Å². The molecule has 1 heterocycles. The Hall–Kier alpha value is -2.84. The van der Waals surface area contributed by atoms with Crippen molar-refractivity contribution >= 4 is 17.8 Å². The minimum Gasteiger partial charge on any atom is -0.507 e. The Morgan fingerprint density at radius 2 is 1.79 bits per heavy atom. The molecule has 29 heavy (non-hydrogen) atoms. The lowest BCUT2D eigenvalue weighted by molar-refractivity contribution is -0.127. The summed E-state index contributed by atoms with van der Waals surface area (Å²) in [5, 5.41) is 30.5. The second-order valence-electron chi connectivity index (χ2n) is 6.80. The highest BCUT2D eigenvalue weighted by molar-refractivity contribution is 5.99. The lowest BCUT2D eigenvalue weighted by atomic mass is 9.99. The van der Waals surface area contributed by atoms with E-state index in [1.54, 1.807) is 13.8 Å². The van der Waals surface area contributed by atoms with Crippen molar-refractivity contribution in [3.8, 4) is 17.2 Å². The molecule has 4 atom stereocenters. The van der Waals surface area contributed by atoms with Gasteiger partial charge in [-0.1, -0.05) is 25.2 Å². The minimum atomic E-state index is -1.59. The van der Waals surface area contributed by atoms with E-state index < -0.39 is 30.1 Å². The Morgan fingerprint density at radius 1 is 1.10 bits per heavy atom. The molecule has 0 bridgehead atoms. The molecule has 1 aromatic rings. The van der Waals surface area contributed by atoms with Gasteiger partial charge in [-0.15, -0.1) is 0 Å². The number of phenols is 1. The van der Waals surface area contributed by atoms with Crippen LogP contribution in [-0.2, 0) is 9.53 Å². The van der Waals surface area contributed by atoms with Crippen LogP contribution in [0.2, 0.25) is 0 Å². The molecule has 0 fully saturated rings. The van der Waals surface area contributed by atoms with Gasteiger partial charge in [-0.25, -0.2) is 4.79 Å². The third-order valence-electron chi connectivity index (χ3n) is 4.81. The number of carbonyl (C=O) groups excluding carboxylic acids is 2. The number of benzene rings is 1. The lowest BCUT2D eigenvalue weighted by Gasteiger charge is -2.21. The second-order valence-corrected chi connectivity index (χ2v) is 6.80. The fourth-order valence-corrected chi connectivity index (χ4v) is 2.86. The van der Waals surface area contributed by atoms with Crippen molar-refractivity contribution in [3.63, 3.8) is 0 Å². The summed E-state index contributed by atoms with van der Waals surface area (Å²) in [6.45, 7) is 3.37. The first-order chi connectivity index (χ1) is 13.7. The van der Waals surface area contributed by atoms with Crippen molar-refractivity contribution in [2.24, 2.45) is 5.92 Å². The summed E-state index contributed by atoms with van der Waals surface area (Å²) in [5.74, 6) is -1.76. The molecule has 3 N–H and O–H groups in total. The third-order valence-corrected chi connectivity index (χ3v) is 4.81. The monoisotopic (exact) mass is 406 g/mol. The summed E-state index contributed by atoms with van der Waals surface area (Å²) in [6, 6.07) is 1.25. The first-order valence-corrected chi connectivity index (χ1v) is 9.14. The molecule has 0 saturated heterocycles. The van der Waals surface area contributed by atoms with E-state index in [-0.39, 0.29) is 40.7 Å². The topological polar surface area (TPSA) is 123 Å². The number of carbonyl (C=O) groups is 2. The summed E-state index contributed by atoms with van der Waals surface area (Å²) in [4.78, 5) is 24.8. The Balaban J connectivity index is 2.62. The van der Waals surface area contributed by atoms with E-state index in [4.69, 9.17) is 14.2 Å². The third kappa shape index (κ3) is 4.96. The molecule has 0 aliphatic carbocycles. The molecule has 0 spiro atoms. The van der Waals surface area contributed by atoms with Crippen molar-refractivity contribution in [1.82, 2.24) is 0 Å². The van der Waals surface area contributed by atoms with Gasteiger partial charge >= 0.3 is 5.97 Å². The van der Waals surface area contributed by atoms with Gasteiger partial charge < -0.3 is 29.5 Å². The molecule has 0 aromatic heterocycles. The van der Waals surface area contributed by atoms with Gasteiger partial charge in [0.2, 0.25) is 0 Å². The first-order valence-electron chi connectivity index (χ1n) is 9.14. The number of aliphatic hydroxyl groups excluding tert-OH is 2. The standard InChI is InChI=1S/C21H26O8/c1-11-8-9-15(23)19(25)14(22)7-5-6-13-18(21(26)29-12(11)2)16(24)10-17(27-3)20(13)28-4/h5-6,8-12,14,19,22,24-25H,7H2,1-4H3/b6-5+,9-8-/t11-,12+,14+,19+/m1/s1. The number of aromatic hydroxyl groups is 1. The molecule has 1 aliphatic rings. The van der Waals surface area contributed by atoms with Crippen LogP contribution in [0.5, 0.6) is 17.2 Å². The Bertz CT molecular complexity index is 826. The van der Waals surface area contributed by atoms with Crippen LogP contribution in [0.1, 0.15) is 36.2 Å². The van der Waals surface area contributed by atoms with Crippen LogP contribution in [0.25, 0.3) is 6.08 Å². The highest BCUT2D eigenvalue weighted by Gasteiger charge is 2.27. The largest absolute Gasteiger partial charge is 0.507 e. The van der Waals surface area contributed by atoms with Gasteiger partial charge in [0, 0.05) is 17.5 Å². The maximum absolute atomic E-state index is 12.8. The van der Waals surface area contributed by atoms with Crippen LogP contribution in [0.3, 0.4) is 0 Å². The van der Waals surface area contributed by atoms with Crippen molar-refractivity contribution < 1.29 is 39.1 Å². The molecule has 0 saturated carbocycles. The normalized spacial score (nSPS) is 27.9. The Labute approximate surface area is 169 Å². The molecule has 8 nitrogen and oxygen atoms in total. The number of phenolic OH excluding ortho intramolecular Hbond substituents is 1.